The minimum Gasteiger partial charge on any atom is -0.368 e. The lowest BCUT2D eigenvalue weighted by molar-refractivity contribution is 0.629. The number of benzene rings is 1. The maximum atomic E-state index is 3.66. The van der Waals surface area contributed by atoms with Gasteiger partial charge in [0.05, 0.1) is 5.69 Å². The summed E-state index contributed by atoms with van der Waals surface area (Å²) in [4.78, 5) is 2.43. The van der Waals surface area contributed by atoms with Crippen LogP contribution in [0.25, 0.3) is 0 Å². The third-order valence-electron chi connectivity index (χ3n) is 2.94. The van der Waals surface area contributed by atoms with Gasteiger partial charge in [-0.25, -0.2) is 0 Å². The van der Waals surface area contributed by atoms with Crippen LogP contribution in [0.4, 0.5) is 5.69 Å². The second-order valence-corrected chi connectivity index (χ2v) is 5.38. The Hall–Kier alpha value is -0.0200. The van der Waals surface area contributed by atoms with Crippen LogP contribution >= 0.6 is 31.9 Å². The fraction of sp³-hybridized carbons (Fsp3) is 0.538. The van der Waals surface area contributed by atoms with E-state index >= 15 is 0 Å². The molecule has 0 N–H and O–H groups in total. The Balaban J connectivity index is 3.01. The molecule has 90 valence electrons. The average Bonchev–Trinajstić information content (AvgIpc) is 2.31. The van der Waals surface area contributed by atoms with Crippen molar-refractivity contribution in [1.82, 2.24) is 0 Å². The highest BCUT2D eigenvalue weighted by molar-refractivity contribution is 9.10. The van der Waals surface area contributed by atoms with Crippen molar-refractivity contribution in [3.8, 4) is 0 Å². The molecule has 1 aromatic carbocycles. The first-order valence-electron chi connectivity index (χ1n) is 5.75. The molecule has 0 aliphatic heterocycles. The summed E-state index contributed by atoms with van der Waals surface area (Å²) in [5.74, 6) is 0. The largest absolute Gasteiger partial charge is 0.368 e. The van der Waals surface area contributed by atoms with Gasteiger partial charge in [-0.05, 0) is 53.9 Å². The van der Waals surface area contributed by atoms with Crippen LogP contribution in [0.15, 0.2) is 22.7 Å². The molecule has 0 saturated heterocycles. The third-order valence-corrected chi connectivity index (χ3v) is 4.22. The van der Waals surface area contributed by atoms with E-state index in [1.807, 2.05) is 0 Å². The Labute approximate surface area is 115 Å². The van der Waals surface area contributed by atoms with E-state index in [0.717, 1.165) is 11.9 Å². The number of halogens is 2. The number of anilines is 1. The molecule has 0 saturated carbocycles. The Morgan fingerprint density at radius 2 is 2.00 bits per heavy atom. The minimum absolute atomic E-state index is 0.580. The summed E-state index contributed by atoms with van der Waals surface area (Å²) in [6.45, 7) is 7.75. The van der Waals surface area contributed by atoms with Crippen LogP contribution in [0.2, 0.25) is 0 Å². The van der Waals surface area contributed by atoms with E-state index in [1.165, 1.54) is 22.1 Å². The second-order valence-electron chi connectivity index (χ2n) is 3.96. The molecule has 1 nitrogen and oxygen atoms in total. The molecule has 0 fully saturated rings. The van der Waals surface area contributed by atoms with E-state index in [1.54, 1.807) is 0 Å². The highest BCUT2D eigenvalue weighted by atomic mass is 79.9. The predicted molar refractivity (Wildman–Crippen MR) is 79.5 cm³/mol. The lowest BCUT2D eigenvalue weighted by Gasteiger charge is -2.30. The highest BCUT2D eigenvalue weighted by Gasteiger charge is 2.13. The molecule has 16 heavy (non-hydrogen) atoms. The molecule has 0 aliphatic rings. The van der Waals surface area contributed by atoms with Crippen LogP contribution in [0.3, 0.4) is 0 Å². The van der Waals surface area contributed by atoms with E-state index in [9.17, 15) is 0 Å². The minimum atomic E-state index is 0.580. The molecule has 1 aromatic rings. The highest BCUT2D eigenvalue weighted by Crippen LogP contribution is 2.29. The molecule has 0 heterocycles. The summed E-state index contributed by atoms with van der Waals surface area (Å²) in [5.41, 5.74) is 2.59. The Morgan fingerprint density at radius 3 is 2.44 bits per heavy atom. The fourth-order valence-electron chi connectivity index (χ4n) is 1.81. The maximum absolute atomic E-state index is 3.66. The zero-order valence-corrected chi connectivity index (χ0v) is 13.3. The van der Waals surface area contributed by atoms with Gasteiger partial charge in [0.15, 0.2) is 0 Å². The topological polar surface area (TPSA) is 3.24 Å². The maximum Gasteiger partial charge on any atom is 0.0513 e. The molecule has 1 unspecified atom stereocenters. The molecule has 3 heteroatoms. The molecule has 1 atom stereocenters. The summed E-state index contributed by atoms with van der Waals surface area (Å²) in [5, 5.41) is 0.904. The number of nitrogens with zero attached hydrogens (tertiary/aromatic N) is 1. The van der Waals surface area contributed by atoms with E-state index in [4.69, 9.17) is 0 Å². The first-order chi connectivity index (χ1) is 7.63. The Kier molecular flexibility index (Phi) is 5.84. The van der Waals surface area contributed by atoms with Crippen molar-refractivity contribution in [2.75, 3.05) is 11.4 Å². The van der Waals surface area contributed by atoms with Crippen LogP contribution < -0.4 is 4.90 Å². The van der Waals surface area contributed by atoms with Crippen LogP contribution in [0, 0.1) is 0 Å². The lowest BCUT2D eigenvalue weighted by Crippen LogP contribution is -2.32. The molecule has 0 spiro atoms. The van der Waals surface area contributed by atoms with Crippen molar-refractivity contribution >= 4 is 37.5 Å². The van der Waals surface area contributed by atoms with Gasteiger partial charge in [0.1, 0.15) is 0 Å². The number of rotatable bonds is 5. The first kappa shape index (κ1) is 14.0. The zero-order valence-electron chi connectivity index (χ0n) is 10.1. The summed E-state index contributed by atoms with van der Waals surface area (Å²) in [7, 11) is 0. The van der Waals surface area contributed by atoms with Crippen LogP contribution in [-0.2, 0) is 5.33 Å². The van der Waals surface area contributed by atoms with E-state index in [2.05, 4.69) is 75.7 Å². The lowest BCUT2D eigenvalue weighted by atomic mass is 10.1. The molecule has 0 amide bonds. The predicted octanol–water partition coefficient (Wildman–Crippen LogP) is 4.97. The van der Waals surface area contributed by atoms with Gasteiger partial charge in [-0.1, -0.05) is 28.9 Å². The summed E-state index contributed by atoms with van der Waals surface area (Å²) < 4.78 is 1.19. The molecular weight excluding hydrogens is 330 g/mol. The average molecular weight is 349 g/mol. The van der Waals surface area contributed by atoms with Crippen molar-refractivity contribution in [1.29, 1.82) is 0 Å². The van der Waals surface area contributed by atoms with Crippen molar-refractivity contribution < 1.29 is 0 Å². The van der Waals surface area contributed by atoms with Crippen molar-refractivity contribution in [3.63, 3.8) is 0 Å². The Bertz CT molecular complexity index is 339. The number of alkyl halides is 1. The standard InChI is InChI=1S/C13H19Br2N/c1-4-10(3)16(5-2)13-7-6-11(9-14)8-12(13)15/h6-8,10H,4-5,9H2,1-3H3. The van der Waals surface area contributed by atoms with E-state index < -0.39 is 0 Å². The van der Waals surface area contributed by atoms with Crippen LogP contribution in [0.5, 0.6) is 0 Å². The quantitative estimate of drug-likeness (QED) is 0.679. The van der Waals surface area contributed by atoms with Gasteiger partial charge in [-0.2, -0.15) is 0 Å². The second kappa shape index (κ2) is 6.65. The normalized spacial score (nSPS) is 12.6. The van der Waals surface area contributed by atoms with Gasteiger partial charge in [-0.15, -0.1) is 0 Å². The van der Waals surface area contributed by atoms with Gasteiger partial charge in [-0.3, -0.25) is 0 Å². The molecule has 0 bridgehead atoms. The summed E-state index contributed by atoms with van der Waals surface area (Å²) in [6.07, 6.45) is 1.17. The van der Waals surface area contributed by atoms with Gasteiger partial charge < -0.3 is 4.90 Å². The molecule has 0 aromatic heterocycles. The first-order valence-corrected chi connectivity index (χ1v) is 7.66. The van der Waals surface area contributed by atoms with Gasteiger partial charge in [0.25, 0.3) is 0 Å². The van der Waals surface area contributed by atoms with Gasteiger partial charge >= 0.3 is 0 Å². The SMILES string of the molecule is CCC(C)N(CC)c1ccc(CBr)cc1Br. The van der Waals surface area contributed by atoms with E-state index in [-0.39, 0.29) is 0 Å². The van der Waals surface area contributed by atoms with Gasteiger partial charge in [0, 0.05) is 22.4 Å². The van der Waals surface area contributed by atoms with Crippen LogP contribution in [-0.4, -0.2) is 12.6 Å². The van der Waals surface area contributed by atoms with Crippen molar-refractivity contribution in [2.45, 2.75) is 38.6 Å². The smallest absolute Gasteiger partial charge is 0.0513 e. The molecule has 0 aliphatic carbocycles. The van der Waals surface area contributed by atoms with Crippen LogP contribution in [0.1, 0.15) is 32.8 Å². The molecular formula is C13H19Br2N. The fourth-order valence-corrected chi connectivity index (χ4v) is 2.81. The van der Waals surface area contributed by atoms with Crippen molar-refractivity contribution in [3.05, 3.63) is 28.2 Å². The Morgan fingerprint density at radius 1 is 1.31 bits per heavy atom. The number of hydrogen-bond donors (Lipinski definition) is 0. The van der Waals surface area contributed by atoms with E-state index in [0.29, 0.717) is 6.04 Å². The monoisotopic (exact) mass is 347 g/mol. The zero-order chi connectivity index (χ0) is 12.1. The third kappa shape index (κ3) is 3.24. The van der Waals surface area contributed by atoms with Crippen molar-refractivity contribution in [2.24, 2.45) is 0 Å². The summed E-state index contributed by atoms with van der Waals surface area (Å²) >= 11 is 7.14. The summed E-state index contributed by atoms with van der Waals surface area (Å²) in [6, 6.07) is 7.15. The van der Waals surface area contributed by atoms with Gasteiger partial charge in [0.2, 0.25) is 0 Å². The molecule has 1 rings (SSSR count). The number of hydrogen-bond acceptors (Lipinski definition) is 1. The molecule has 0 radical (unpaired) electrons.